The van der Waals surface area contributed by atoms with E-state index >= 15 is 0 Å². The predicted octanol–water partition coefficient (Wildman–Crippen LogP) is 2.15. The summed E-state index contributed by atoms with van der Waals surface area (Å²) in [5, 5.41) is 3.56. The molecule has 0 bridgehead atoms. The average Bonchev–Trinajstić information content (AvgIpc) is 2.43. The minimum atomic E-state index is 0.0748. The van der Waals surface area contributed by atoms with E-state index in [2.05, 4.69) is 17.1 Å². The minimum Gasteiger partial charge on any atom is -0.381 e. The van der Waals surface area contributed by atoms with E-state index in [0.717, 1.165) is 12.2 Å². The van der Waals surface area contributed by atoms with Gasteiger partial charge in [-0.2, -0.15) is 0 Å². The molecule has 1 saturated heterocycles. The van der Waals surface area contributed by atoms with Gasteiger partial charge in [-0.25, -0.2) is 0 Å². The van der Waals surface area contributed by atoms with Crippen molar-refractivity contribution in [3.63, 3.8) is 0 Å². The Morgan fingerprint density at radius 1 is 1.26 bits per heavy atom. The number of hydrogen-bond acceptors (Lipinski definition) is 3. The van der Waals surface area contributed by atoms with E-state index in [0.29, 0.717) is 6.04 Å². The molecule has 1 aliphatic rings. The van der Waals surface area contributed by atoms with Gasteiger partial charge in [0.05, 0.1) is 5.69 Å². The Kier molecular flexibility index (Phi) is 5.02. The highest BCUT2D eigenvalue weighted by molar-refractivity contribution is 5.41. The van der Waals surface area contributed by atoms with E-state index < -0.39 is 0 Å². The van der Waals surface area contributed by atoms with Crippen molar-refractivity contribution in [3.05, 3.63) is 28.7 Å². The fourth-order valence-corrected chi connectivity index (χ4v) is 2.72. The Bertz CT molecular complexity index is 447. The third-order valence-electron chi connectivity index (χ3n) is 3.82. The van der Waals surface area contributed by atoms with Gasteiger partial charge in [0.15, 0.2) is 0 Å². The summed E-state index contributed by atoms with van der Waals surface area (Å²) in [7, 11) is 0. The molecule has 0 aromatic carbocycles. The molecule has 0 saturated carbocycles. The molecule has 4 heteroatoms. The van der Waals surface area contributed by atoms with Crippen LogP contribution in [0.4, 0.5) is 5.69 Å². The summed E-state index contributed by atoms with van der Waals surface area (Å²) in [5.74, 6) is 0. The van der Waals surface area contributed by atoms with Crippen molar-refractivity contribution in [2.24, 2.45) is 0 Å². The van der Waals surface area contributed by atoms with Crippen LogP contribution in [0.5, 0.6) is 0 Å². The van der Waals surface area contributed by atoms with Gasteiger partial charge in [0, 0.05) is 37.9 Å². The van der Waals surface area contributed by atoms with Gasteiger partial charge in [-0.05, 0) is 38.8 Å². The Morgan fingerprint density at radius 3 is 2.63 bits per heavy atom. The van der Waals surface area contributed by atoms with Gasteiger partial charge in [-0.15, -0.1) is 0 Å². The number of nitrogens with one attached hydrogen (secondary N) is 1. The van der Waals surface area contributed by atoms with Crippen LogP contribution in [0.2, 0.25) is 0 Å². The second-order valence-electron chi connectivity index (χ2n) is 5.30. The quantitative estimate of drug-likeness (QED) is 0.884. The molecule has 0 amide bonds. The van der Waals surface area contributed by atoms with E-state index in [9.17, 15) is 4.79 Å². The van der Waals surface area contributed by atoms with E-state index in [1.165, 1.54) is 38.9 Å². The zero-order valence-corrected chi connectivity index (χ0v) is 12.1. The number of likely N-dealkylation sites (tertiary alicyclic amines) is 1. The summed E-state index contributed by atoms with van der Waals surface area (Å²) in [4.78, 5) is 14.1. The molecule has 1 aromatic rings. The standard InChI is InChI=1S/C15H25N3O/c1-3-9-17-10-7-13(8-11-17)16-14-5-6-15(19)18(4-2)12-14/h5-6,12-13,16H,3-4,7-11H2,1-2H3. The molecule has 106 valence electrons. The molecule has 1 fully saturated rings. The van der Waals surface area contributed by atoms with Gasteiger partial charge in [-0.3, -0.25) is 4.79 Å². The van der Waals surface area contributed by atoms with E-state index in [4.69, 9.17) is 0 Å². The highest BCUT2D eigenvalue weighted by Gasteiger charge is 2.18. The van der Waals surface area contributed by atoms with Crippen molar-refractivity contribution in [1.29, 1.82) is 0 Å². The van der Waals surface area contributed by atoms with Gasteiger partial charge >= 0.3 is 0 Å². The number of nitrogens with zero attached hydrogens (tertiary/aromatic N) is 2. The van der Waals surface area contributed by atoms with Gasteiger partial charge in [0.2, 0.25) is 0 Å². The molecule has 4 nitrogen and oxygen atoms in total. The summed E-state index contributed by atoms with van der Waals surface area (Å²) in [6, 6.07) is 4.08. The van der Waals surface area contributed by atoms with E-state index in [-0.39, 0.29) is 5.56 Å². The third kappa shape index (κ3) is 3.83. The van der Waals surface area contributed by atoms with Crippen LogP contribution >= 0.6 is 0 Å². The molecule has 2 rings (SSSR count). The zero-order chi connectivity index (χ0) is 13.7. The first kappa shape index (κ1) is 14.1. The largest absolute Gasteiger partial charge is 0.381 e. The molecular weight excluding hydrogens is 238 g/mol. The second-order valence-corrected chi connectivity index (χ2v) is 5.30. The second kappa shape index (κ2) is 6.75. The fraction of sp³-hybridized carbons (Fsp3) is 0.667. The maximum Gasteiger partial charge on any atom is 0.250 e. The van der Waals surface area contributed by atoms with Gasteiger partial charge < -0.3 is 14.8 Å². The van der Waals surface area contributed by atoms with Crippen LogP contribution in [-0.4, -0.2) is 35.1 Å². The third-order valence-corrected chi connectivity index (χ3v) is 3.82. The lowest BCUT2D eigenvalue weighted by molar-refractivity contribution is 0.219. The number of piperidine rings is 1. The van der Waals surface area contributed by atoms with Crippen LogP contribution in [0, 0.1) is 0 Å². The monoisotopic (exact) mass is 263 g/mol. The SMILES string of the molecule is CCCN1CCC(Nc2ccc(=O)n(CC)c2)CC1. The lowest BCUT2D eigenvalue weighted by atomic mass is 10.0. The van der Waals surface area contributed by atoms with Crippen LogP contribution in [0.25, 0.3) is 0 Å². The van der Waals surface area contributed by atoms with E-state index in [1.54, 1.807) is 10.6 Å². The summed E-state index contributed by atoms with van der Waals surface area (Å²) >= 11 is 0. The number of hydrogen-bond donors (Lipinski definition) is 1. The average molecular weight is 263 g/mol. The predicted molar refractivity (Wildman–Crippen MR) is 79.8 cm³/mol. The lowest BCUT2D eigenvalue weighted by Crippen LogP contribution is -2.39. The fourth-order valence-electron chi connectivity index (χ4n) is 2.72. The molecule has 1 aliphatic heterocycles. The number of anilines is 1. The zero-order valence-electron chi connectivity index (χ0n) is 12.1. The lowest BCUT2D eigenvalue weighted by Gasteiger charge is -2.32. The molecule has 19 heavy (non-hydrogen) atoms. The highest BCUT2D eigenvalue weighted by atomic mass is 16.1. The molecule has 1 N–H and O–H groups in total. The molecule has 2 heterocycles. The smallest absolute Gasteiger partial charge is 0.250 e. The van der Waals surface area contributed by atoms with Gasteiger partial charge in [0.1, 0.15) is 0 Å². The summed E-state index contributed by atoms with van der Waals surface area (Å²) < 4.78 is 1.74. The Balaban J connectivity index is 1.90. The van der Waals surface area contributed by atoms with Crippen LogP contribution in [-0.2, 0) is 6.54 Å². The maximum atomic E-state index is 11.5. The summed E-state index contributed by atoms with van der Waals surface area (Å²) in [6.45, 7) is 8.53. The van der Waals surface area contributed by atoms with Crippen LogP contribution in [0.15, 0.2) is 23.1 Å². The van der Waals surface area contributed by atoms with Gasteiger partial charge in [-0.1, -0.05) is 6.92 Å². The maximum absolute atomic E-state index is 11.5. The summed E-state index contributed by atoms with van der Waals surface area (Å²) in [5.41, 5.74) is 1.14. The van der Waals surface area contributed by atoms with Crippen LogP contribution in [0.1, 0.15) is 33.1 Å². The molecule has 0 spiro atoms. The molecule has 0 aliphatic carbocycles. The number of aryl methyl sites for hydroxylation is 1. The number of pyridine rings is 1. The Hall–Kier alpha value is -1.29. The minimum absolute atomic E-state index is 0.0748. The highest BCUT2D eigenvalue weighted by Crippen LogP contribution is 2.15. The Labute approximate surface area is 115 Å². The first-order valence-corrected chi connectivity index (χ1v) is 7.42. The van der Waals surface area contributed by atoms with Crippen LogP contribution in [0.3, 0.4) is 0 Å². The molecule has 0 unspecified atom stereocenters. The number of rotatable bonds is 5. The van der Waals surface area contributed by atoms with Crippen molar-refractivity contribution >= 4 is 5.69 Å². The van der Waals surface area contributed by atoms with Crippen molar-refractivity contribution in [1.82, 2.24) is 9.47 Å². The normalized spacial score (nSPS) is 17.6. The summed E-state index contributed by atoms with van der Waals surface area (Å²) in [6.07, 6.45) is 5.54. The molecule has 0 radical (unpaired) electrons. The molecule has 1 aromatic heterocycles. The Morgan fingerprint density at radius 2 is 2.00 bits per heavy atom. The first-order valence-electron chi connectivity index (χ1n) is 7.42. The molecule has 0 atom stereocenters. The first-order chi connectivity index (χ1) is 9.22. The van der Waals surface area contributed by atoms with Gasteiger partial charge in [0.25, 0.3) is 5.56 Å². The van der Waals surface area contributed by atoms with E-state index in [1.807, 2.05) is 19.2 Å². The molecular formula is C15H25N3O. The van der Waals surface area contributed by atoms with Crippen LogP contribution < -0.4 is 10.9 Å². The topological polar surface area (TPSA) is 37.3 Å². The van der Waals surface area contributed by atoms with Crippen molar-refractivity contribution in [3.8, 4) is 0 Å². The van der Waals surface area contributed by atoms with Crippen molar-refractivity contribution in [2.45, 2.75) is 45.7 Å². The number of aromatic nitrogens is 1. The van der Waals surface area contributed by atoms with Crippen molar-refractivity contribution in [2.75, 3.05) is 25.0 Å². The van der Waals surface area contributed by atoms with Crippen molar-refractivity contribution < 1.29 is 0 Å².